The first-order valence-electron chi connectivity index (χ1n) is 15.8. The number of benzene rings is 1. The minimum Gasteiger partial charge on any atom is -0.444 e. The molecule has 2 fully saturated rings. The number of aromatic nitrogens is 3. The fourth-order valence-electron chi connectivity index (χ4n) is 6.81. The number of fused-ring (bicyclic) bond motifs is 4. The van der Waals surface area contributed by atoms with Gasteiger partial charge in [0.1, 0.15) is 22.2 Å². The summed E-state index contributed by atoms with van der Waals surface area (Å²) in [5, 5.41) is 13.5. The molecule has 0 aliphatic carbocycles. The molecule has 1 atom stereocenters. The van der Waals surface area contributed by atoms with Gasteiger partial charge in [-0.2, -0.15) is 5.26 Å². The normalized spacial score (nSPS) is 19.3. The van der Waals surface area contributed by atoms with Crippen LogP contribution in [0, 0.1) is 23.0 Å². The second-order valence-electron chi connectivity index (χ2n) is 13.4. The monoisotopic (exact) mass is 662 g/mol. The highest BCUT2D eigenvalue weighted by molar-refractivity contribution is 7.23. The number of hydrogen-bond donors (Lipinski definition) is 1. The first-order chi connectivity index (χ1) is 22.5. The predicted octanol–water partition coefficient (Wildman–Crippen LogP) is 5.65. The first-order valence-corrected chi connectivity index (χ1v) is 16.6. The lowest BCUT2D eigenvalue weighted by molar-refractivity contribution is 0.0636. The Hall–Kier alpha value is -4.03. The summed E-state index contributed by atoms with van der Waals surface area (Å²) >= 11 is 0.871. The molecule has 3 aliphatic rings. The summed E-state index contributed by atoms with van der Waals surface area (Å²) in [4.78, 5) is 33.4. The van der Waals surface area contributed by atoms with E-state index in [-0.39, 0.29) is 50.6 Å². The number of rotatable bonds is 4. The molecule has 0 spiro atoms. The third-order valence-electron chi connectivity index (χ3n) is 9.04. The van der Waals surface area contributed by atoms with Crippen molar-refractivity contribution in [2.24, 2.45) is 0 Å². The van der Waals surface area contributed by atoms with Crippen LogP contribution in [0.3, 0.4) is 0 Å². The number of nitriles is 1. The molecule has 14 heteroatoms. The Balaban J connectivity index is 1.30. The number of ether oxygens (including phenoxy) is 2. The Kier molecular flexibility index (Phi) is 8.20. The zero-order valence-electron chi connectivity index (χ0n) is 26.8. The fourth-order valence-corrected chi connectivity index (χ4v) is 7.85. The number of nitrogens with zero attached hydrogens (tertiary/aromatic N) is 7. The van der Waals surface area contributed by atoms with E-state index in [1.54, 1.807) is 27.0 Å². The minimum absolute atomic E-state index is 0.0313. The summed E-state index contributed by atoms with van der Waals surface area (Å²) in [6.45, 7) is 11.2. The highest BCUT2D eigenvalue weighted by Crippen LogP contribution is 2.46. The van der Waals surface area contributed by atoms with Crippen molar-refractivity contribution in [3.63, 3.8) is 0 Å². The largest absolute Gasteiger partial charge is 0.444 e. The van der Waals surface area contributed by atoms with Crippen LogP contribution < -0.4 is 10.2 Å². The molecule has 3 aromatic heterocycles. The SMILES string of the molecule is CN1CCCN([C@@H]2CCN(c3ncc4c5c(c(-c6ncc(F)c7sc(NC(=O)OC(C)(C)C)c(C#N)c67)c(F)c4n3)COC5)C2)CC1. The standard InChI is InChI=1S/C33H36F2N8O3S/c1-33(2,3)46-32(44)40-30-19(12-36)25-28(37-14-23(34)29(25)47-30)24-22-17-45-16-21(22)20-13-38-31(39-27(20)26(24)35)43-9-6-18(15-43)42-8-5-7-41(4)10-11-42/h13-14,18H,5-11,15-17H2,1-4H3,(H,40,44)/t18-/m1/s1. The second kappa shape index (κ2) is 12.2. The Morgan fingerprint density at radius 3 is 2.72 bits per heavy atom. The first kappa shape index (κ1) is 31.6. The highest BCUT2D eigenvalue weighted by Gasteiger charge is 2.33. The Morgan fingerprint density at radius 2 is 1.94 bits per heavy atom. The van der Waals surface area contributed by atoms with Gasteiger partial charge in [-0.25, -0.2) is 23.5 Å². The van der Waals surface area contributed by atoms with Gasteiger partial charge in [0.2, 0.25) is 5.95 Å². The molecular weight excluding hydrogens is 626 g/mol. The van der Waals surface area contributed by atoms with Gasteiger partial charge in [0.15, 0.2) is 11.6 Å². The van der Waals surface area contributed by atoms with Crippen LogP contribution in [-0.4, -0.2) is 88.8 Å². The van der Waals surface area contributed by atoms with Crippen molar-refractivity contribution >= 4 is 49.4 Å². The Bertz CT molecular complexity index is 1940. The molecule has 4 aromatic rings. The van der Waals surface area contributed by atoms with Gasteiger partial charge in [-0.1, -0.05) is 0 Å². The van der Waals surface area contributed by atoms with Crippen LogP contribution in [0.4, 0.5) is 24.5 Å². The lowest BCUT2D eigenvalue weighted by Gasteiger charge is -2.27. The average Bonchev–Trinajstić information content (AvgIpc) is 3.75. The molecule has 0 saturated carbocycles. The smallest absolute Gasteiger partial charge is 0.412 e. The van der Waals surface area contributed by atoms with Crippen LogP contribution >= 0.6 is 11.3 Å². The highest BCUT2D eigenvalue weighted by atomic mass is 32.1. The van der Waals surface area contributed by atoms with E-state index >= 15 is 8.78 Å². The number of carbonyl (C=O) groups excluding carboxylic acids is 1. The maximum atomic E-state index is 16.9. The lowest BCUT2D eigenvalue weighted by atomic mass is 9.94. The molecule has 246 valence electrons. The summed E-state index contributed by atoms with van der Waals surface area (Å²) in [7, 11) is 2.16. The van der Waals surface area contributed by atoms with Gasteiger partial charge in [0, 0.05) is 54.8 Å². The number of amides is 1. The minimum atomic E-state index is -0.793. The number of likely N-dealkylation sites (N-methyl/N-ethyl adjacent to an activating group) is 1. The van der Waals surface area contributed by atoms with E-state index in [4.69, 9.17) is 14.5 Å². The molecule has 0 unspecified atom stereocenters. The molecule has 47 heavy (non-hydrogen) atoms. The van der Waals surface area contributed by atoms with Crippen LogP contribution in [0.15, 0.2) is 12.4 Å². The lowest BCUT2D eigenvalue weighted by Crippen LogP contribution is -2.40. The van der Waals surface area contributed by atoms with Crippen molar-refractivity contribution < 1.29 is 23.0 Å². The van der Waals surface area contributed by atoms with E-state index in [9.17, 15) is 10.1 Å². The van der Waals surface area contributed by atoms with E-state index in [0.717, 1.165) is 75.2 Å². The van der Waals surface area contributed by atoms with E-state index in [1.807, 2.05) is 0 Å². The molecule has 7 rings (SSSR count). The maximum absolute atomic E-state index is 16.9. The third-order valence-corrected chi connectivity index (χ3v) is 10.1. The van der Waals surface area contributed by atoms with Gasteiger partial charge in [-0.3, -0.25) is 15.2 Å². The summed E-state index contributed by atoms with van der Waals surface area (Å²) in [5.74, 6) is -0.887. The van der Waals surface area contributed by atoms with Gasteiger partial charge < -0.3 is 19.3 Å². The second-order valence-corrected chi connectivity index (χ2v) is 14.4. The van der Waals surface area contributed by atoms with Crippen LogP contribution in [0.2, 0.25) is 0 Å². The summed E-state index contributed by atoms with van der Waals surface area (Å²) in [6.07, 6.45) is 3.98. The van der Waals surface area contributed by atoms with Crippen molar-refractivity contribution in [3.8, 4) is 17.3 Å². The Labute approximate surface area is 275 Å². The van der Waals surface area contributed by atoms with Crippen molar-refractivity contribution in [3.05, 3.63) is 40.7 Å². The molecule has 2 saturated heterocycles. The predicted molar refractivity (Wildman–Crippen MR) is 175 cm³/mol. The van der Waals surface area contributed by atoms with Gasteiger partial charge in [0.05, 0.1) is 35.4 Å². The van der Waals surface area contributed by atoms with Crippen molar-refractivity contribution in [2.75, 3.05) is 56.5 Å². The number of pyridine rings is 1. The summed E-state index contributed by atoms with van der Waals surface area (Å²) < 4.78 is 43.3. The molecular formula is C33H36F2N8O3S. The number of anilines is 2. The van der Waals surface area contributed by atoms with Gasteiger partial charge in [0.25, 0.3) is 0 Å². The van der Waals surface area contributed by atoms with E-state index < -0.39 is 23.3 Å². The number of carbonyl (C=O) groups is 1. The van der Waals surface area contributed by atoms with Crippen molar-refractivity contribution in [1.82, 2.24) is 24.8 Å². The third kappa shape index (κ3) is 5.86. The van der Waals surface area contributed by atoms with Crippen LogP contribution in [0.1, 0.15) is 50.3 Å². The number of thiophene rings is 1. The quantitative estimate of drug-likeness (QED) is 0.294. The number of hydrogen-bond acceptors (Lipinski definition) is 11. The van der Waals surface area contributed by atoms with E-state index in [0.29, 0.717) is 22.9 Å². The zero-order chi connectivity index (χ0) is 33.0. The Morgan fingerprint density at radius 1 is 1.13 bits per heavy atom. The molecule has 1 N–H and O–H groups in total. The van der Waals surface area contributed by atoms with E-state index in [1.165, 1.54) is 0 Å². The number of halogens is 2. The van der Waals surface area contributed by atoms with E-state index in [2.05, 4.69) is 43.1 Å². The van der Waals surface area contributed by atoms with Crippen LogP contribution in [0.5, 0.6) is 0 Å². The van der Waals surface area contributed by atoms with Crippen molar-refractivity contribution in [1.29, 1.82) is 5.26 Å². The molecule has 1 amide bonds. The van der Waals surface area contributed by atoms with Crippen LogP contribution in [-0.2, 0) is 22.7 Å². The van der Waals surface area contributed by atoms with Crippen molar-refractivity contribution in [2.45, 2.75) is 58.5 Å². The molecule has 3 aliphatic heterocycles. The van der Waals surface area contributed by atoms with Gasteiger partial charge in [-0.15, -0.1) is 11.3 Å². The molecule has 11 nitrogen and oxygen atoms in total. The van der Waals surface area contributed by atoms with Gasteiger partial charge >= 0.3 is 6.09 Å². The molecule has 6 heterocycles. The van der Waals surface area contributed by atoms with Gasteiger partial charge in [-0.05, 0) is 64.9 Å². The van der Waals surface area contributed by atoms with Crippen LogP contribution in [0.25, 0.3) is 32.2 Å². The summed E-state index contributed by atoms with van der Waals surface area (Å²) in [5.41, 5.74) is 0.768. The average molecular weight is 663 g/mol. The fraction of sp³-hybridized carbons (Fsp3) is 0.485. The molecule has 0 radical (unpaired) electrons. The topological polar surface area (TPSA) is 120 Å². The maximum Gasteiger partial charge on any atom is 0.412 e. The molecule has 0 bridgehead atoms. The summed E-state index contributed by atoms with van der Waals surface area (Å²) in [6, 6.07) is 2.45. The molecule has 1 aromatic carbocycles. The number of nitrogens with one attached hydrogen (secondary N) is 1. The zero-order valence-corrected chi connectivity index (χ0v) is 27.6.